The summed E-state index contributed by atoms with van der Waals surface area (Å²) in [6, 6.07) is -0.337. The SMILES string of the molecule is CC(C(=O)OC(CC[C@H](C)[C@H](O)[C@H](C)CO)[C@H](C)C[C@H](C)/C=C/N(C)C=O)N(C)C. The molecule has 0 bridgehead atoms. The summed E-state index contributed by atoms with van der Waals surface area (Å²) in [5.41, 5.74) is 0. The van der Waals surface area contributed by atoms with Gasteiger partial charge in [0.1, 0.15) is 12.1 Å². The van der Waals surface area contributed by atoms with Crippen molar-refractivity contribution in [2.24, 2.45) is 23.7 Å². The van der Waals surface area contributed by atoms with Gasteiger partial charge < -0.3 is 19.8 Å². The van der Waals surface area contributed by atoms with Crippen molar-refractivity contribution in [3.63, 3.8) is 0 Å². The van der Waals surface area contributed by atoms with Crippen molar-refractivity contribution in [1.82, 2.24) is 9.80 Å². The molecule has 176 valence electrons. The fraction of sp³-hybridized carbons (Fsp3) is 0.826. The maximum Gasteiger partial charge on any atom is 0.323 e. The quantitative estimate of drug-likeness (QED) is 0.308. The van der Waals surface area contributed by atoms with E-state index in [1.165, 1.54) is 4.90 Å². The molecule has 0 aliphatic carbocycles. The van der Waals surface area contributed by atoms with E-state index in [0.29, 0.717) is 12.8 Å². The summed E-state index contributed by atoms with van der Waals surface area (Å²) in [5.74, 6) is -0.119. The van der Waals surface area contributed by atoms with E-state index in [4.69, 9.17) is 4.74 Å². The number of allylic oxidation sites excluding steroid dienone is 1. The molecule has 7 heteroatoms. The Bertz CT molecular complexity index is 526. The largest absolute Gasteiger partial charge is 0.461 e. The van der Waals surface area contributed by atoms with Gasteiger partial charge in [-0.25, -0.2) is 0 Å². The summed E-state index contributed by atoms with van der Waals surface area (Å²) in [7, 11) is 5.37. The Labute approximate surface area is 183 Å². The molecule has 0 aliphatic rings. The van der Waals surface area contributed by atoms with Crippen LogP contribution in [0.5, 0.6) is 0 Å². The van der Waals surface area contributed by atoms with Gasteiger partial charge in [0.15, 0.2) is 0 Å². The van der Waals surface area contributed by atoms with Gasteiger partial charge in [-0.05, 0) is 58.0 Å². The topological polar surface area (TPSA) is 90.3 Å². The van der Waals surface area contributed by atoms with E-state index >= 15 is 0 Å². The highest BCUT2D eigenvalue weighted by Crippen LogP contribution is 2.26. The fourth-order valence-electron chi connectivity index (χ4n) is 3.32. The van der Waals surface area contributed by atoms with Crippen LogP contribution in [-0.4, -0.2) is 78.4 Å². The maximum atomic E-state index is 12.6. The zero-order valence-electron chi connectivity index (χ0n) is 20.1. The van der Waals surface area contributed by atoms with E-state index in [2.05, 4.69) is 13.8 Å². The van der Waals surface area contributed by atoms with Crippen molar-refractivity contribution in [2.75, 3.05) is 27.7 Å². The minimum atomic E-state index is -0.594. The Hall–Kier alpha value is -1.44. The van der Waals surface area contributed by atoms with Crippen LogP contribution in [0.3, 0.4) is 0 Å². The Morgan fingerprint density at radius 2 is 1.60 bits per heavy atom. The molecular weight excluding hydrogens is 384 g/mol. The Morgan fingerprint density at radius 1 is 1.00 bits per heavy atom. The molecule has 0 aromatic heterocycles. The number of likely N-dealkylation sites (N-methyl/N-ethyl adjacent to an activating group) is 1. The average molecular weight is 429 g/mol. The first-order valence-electron chi connectivity index (χ1n) is 11.0. The number of esters is 1. The van der Waals surface area contributed by atoms with Crippen molar-refractivity contribution >= 4 is 12.4 Å². The number of aliphatic hydroxyl groups is 2. The molecule has 0 radical (unpaired) electrons. The number of ether oxygens (including phenoxy) is 1. The van der Waals surface area contributed by atoms with Gasteiger partial charge >= 0.3 is 5.97 Å². The molecular formula is C23H44N2O5. The Morgan fingerprint density at radius 3 is 2.10 bits per heavy atom. The molecule has 0 saturated carbocycles. The van der Waals surface area contributed by atoms with E-state index in [9.17, 15) is 19.8 Å². The molecule has 0 aromatic rings. The first kappa shape index (κ1) is 28.6. The lowest BCUT2D eigenvalue weighted by atomic mass is 9.85. The van der Waals surface area contributed by atoms with Crippen LogP contribution in [0, 0.1) is 23.7 Å². The van der Waals surface area contributed by atoms with Crippen molar-refractivity contribution < 1.29 is 24.5 Å². The zero-order chi connectivity index (χ0) is 23.4. The van der Waals surface area contributed by atoms with Crippen molar-refractivity contribution in [2.45, 2.75) is 72.1 Å². The van der Waals surface area contributed by atoms with Gasteiger partial charge in [-0.3, -0.25) is 14.5 Å². The van der Waals surface area contributed by atoms with Gasteiger partial charge in [-0.1, -0.05) is 33.8 Å². The predicted octanol–water partition coefficient (Wildman–Crippen LogP) is 2.52. The predicted molar refractivity (Wildman–Crippen MR) is 120 cm³/mol. The zero-order valence-corrected chi connectivity index (χ0v) is 20.1. The Kier molecular flexibility index (Phi) is 13.8. The van der Waals surface area contributed by atoms with Crippen molar-refractivity contribution in [1.29, 1.82) is 0 Å². The molecule has 0 aromatic carbocycles. The molecule has 0 aliphatic heterocycles. The average Bonchev–Trinajstić information content (AvgIpc) is 2.72. The number of carbonyl (C=O) groups excluding carboxylic acids is 2. The standard InChI is InChI=1S/C23H44N2O5/c1-16(11-12-25(8)15-27)13-18(3)21(30-23(29)20(5)24(6)7)10-9-17(2)22(28)19(4)14-26/h11-12,15-22,26,28H,9-10,13-14H2,1-8H3/b12-11+/t16-,17+,18-,19-,20?,21?,22+/m1/s1. The van der Waals surface area contributed by atoms with Gasteiger partial charge in [0.25, 0.3) is 0 Å². The van der Waals surface area contributed by atoms with Crippen LogP contribution in [0.15, 0.2) is 12.3 Å². The van der Waals surface area contributed by atoms with Gasteiger partial charge in [-0.15, -0.1) is 0 Å². The lowest BCUT2D eigenvalue weighted by molar-refractivity contribution is -0.157. The normalized spacial score (nSPS) is 19.0. The second kappa shape index (κ2) is 14.5. The molecule has 7 atom stereocenters. The summed E-state index contributed by atoms with van der Waals surface area (Å²) >= 11 is 0. The number of hydrogen-bond acceptors (Lipinski definition) is 6. The van der Waals surface area contributed by atoms with E-state index in [-0.39, 0.29) is 48.4 Å². The van der Waals surface area contributed by atoms with Crippen LogP contribution in [0.25, 0.3) is 0 Å². The molecule has 7 nitrogen and oxygen atoms in total. The second-order valence-corrected chi connectivity index (χ2v) is 9.12. The van der Waals surface area contributed by atoms with Crippen LogP contribution < -0.4 is 0 Å². The third-order valence-electron chi connectivity index (χ3n) is 5.94. The highest BCUT2D eigenvalue weighted by molar-refractivity contribution is 5.75. The number of rotatable bonds is 15. The third-order valence-corrected chi connectivity index (χ3v) is 5.94. The third kappa shape index (κ3) is 10.5. The van der Waals surface area contributed by atoms with Crippen LogP contribution in [-0.2, 0) is 14.3 Å². The second-order valence-electron chi connectivity index (χ2n) is 9.12. The van der Waals surface area contributed by atoms with Gasteiger partial charge in [0.2, 0.25) is 6.41 Å². The summed E-state index contributed by atoms with van der Waals surface area (Å²) < 4.78 is 5.90. The van der Waals surface area contributed by atoms with Crippen LogP contribution >= 0.6 is 0 Å². The monoisotopic (exact) mass is 428 g/mol. The van der Waals surface area contributed by atoms with Gasteiger partial charge in [0, 0.05) is 25.8 Å². The fourth-order valence-corrected chi connectivity index (χ4v) is 3.32. The first-order valence-corrected chi connectivity index (χ1v) is 11.0. The van der Waals surface area contributed by atoms with Gasteiger partial charge in [-0.2, -0.15) is 0 Å². The summed E-state index contributed by atoms with van der Waals surface area (Å²) in [6.07, 6.45) is 5.76. The molecule has 2 unspecified atom stereocenters. The first-order chi connectivity index (χ1) is 13.9. The highest BCUT2D eigenvalue weighted by atomic mass is 16.5. The number of carbonyl (C=O) groups is 2. The number of aliphatic hydroxyl groups excluding tert-OH is 2. The molecule has 2 N–H and O–H groups in total. The summed E-state index contributed by atoms with van der Waals surface area (Å²) in [5, 5.41) is 19.6. The Balaban J connectivity index is 5.15. The lowest BCUT2D eigenvalue weighted by Crippen LogP contribution is -2.38. The number of hydrogen-bond donors (Lipinski definition) is 2. The van der Waals surface area contributed by atoms with Crippen molar-refractivity contribution in [3.05, 3.63) is 12.3 Å². The lowest BCUT2D eigenvalue weighted by Gasteiger charge is -2.30. The molecule has 1 amide bonds. The molecule has 0 heterocycles. The summed E-state index contributed by atoms with van der Waals surface area (Å²) in [6.45, 7) is 9.69. The maximum absolute atomic E-state index is 12.6. The molecule has 0 saturated heterocycles. The summed E-state index contributed by atoms with van der Waals surface area (Å²) in [4.78, 5) is 26.6. The number of nitrogens with zero attached hydrogens (tertiary/aromatic N) is 2. The minimum Gasteiger partial charge on any atom is -0.461 e. The van der Waals surface area contributed by atoms with Crippen molar-refractivity contribution in [3.8, 4) is 0 Å². The van der Waals surface area contributed by atoms with Crippen LogP contribution in [0.2, 0.25) is 0 Å². The van der Waals surface area contributed by atoms with E-state index in [0.717, 1.165) is 12.8 Å². The van der Waals surface area contributed by atoms with Gasteiger partial charge in [0.05, 0.1) is 6.10 Å². The molecule has 0 fully saturated rings. The minimum absolute atomic E-state index is 0.00890. The molecule has 0 rings (SSSR count). The van der Waals surface area contributed by atoms with E-state index < -0.39 is 6.10 Å². The van der Waals surface area contributed by atoms with Crippen LogP contribution in [0.1, 0.15) is 53.9 Å². The highest BCUT2D eigenvalue weighted by Gasteiger charge is 2.28. The molecule has 30 heavy (non-hydrogen) atoms. The number of amides is 1. The molecule has 0 spiro atoms. The van der Waals surface area contributed by atoms with Crippen LogP contribution in [0.4, 0.5) is 0 Å². The van der Waals surface area contributed by atoms with E-state index in [1.807, 2.05) is 45.8 Å². The smallest absolute Gasteiger partial charge is 0.323 e. The van der Waals surface area contributed by atoms with E-state index in [1.54, 1.807) is 13.2 Å².